The Kier molecular flexibility index (Phi) is 6.87. The lowest BCUT2D eigenvalue weighted by Gasteiger charge is -2.15. The number of methoxy groups -OCH3 is 1. The fourth-order valence-electron chi connectivity index (χ4n) is 2.55. The summed E-state index contributed by atoms with van der Waals surface area (Å²) in [5.41, 5.74) is 0.742. The van der Waals surface area contributed by atoms with Gasteiger partial charge in [0.15, 0.2) is 6.61 Å². The van der Waals surface area contributed by atoms with E-state index >= 15 is 0 Å². The Labute approximate surface area is 156 Å². The molecular formula is C19H20N2O6. The molecule has 0 saturated carbocycles. The van der Waals surface area contributed by atoms with Crippen molar-refractivity contribution in [3.05, 3.63) is 64.2 Å². The van der Waals surface area contributed by atoms with Crippen molar-refractivity contribution in [3.63, 3.8) is 0 Å². The normalized spacial score (nSPS) is 11.3. The number of esters is 1. The van der Waals surface area contributed by atoms with E-state index in [1.165, 1.54) is 25.3 Å². The highest BCUT2D eigenvalue weighted by atomic mass is 16.6. The molecule has 0 saturated heterocycles. The minimum Gasteiger partial charge on any atom is -0.495 e. The van der Waals surface area contributed by atoms with E-state index in [4.69, 9.17) is 9.47 Å². The van der Waals surface area contributed by atoms with Gasteiger partial charge in [0.1, 0.15) is 5.75 Å². The van der Waals surface area contributed by atoms with Gasteiger partial charge >= 0.3 is 5.97 Å². The highest BCUT2D eigenvalue weighted by Crippen LogP contribution is 2.28. The molecule has 0 aliphatic carbocycles. The predicted octanol–water partition coefficient (Wildman–Crippen LogP) is 3.28. The van der Waals surface area contributed by atoms with E-state index in [0.29, 0.717) is 6.42 Å². The SMILES string of the molecule is CC[C@H](C(=O)OCC(=O)Nc1cc([N+](=O)[O-])ccc1OC)c1ccccc1. The second kappa shape index (κ2) is 9.33. The van der Waals surface area contributed by atoms with E-state index in [0.717, 1.165) is 5.56 Å². The van der Waals surface area contributed by atoms with Crippen LogP contribution in [0.2, 0.25) is 0 Å². The van der Waals surface area contributed by atoms with Crippen LogP contribution in [0.4, 0.5) is 11.4 Å². The molecule has 0 radical (unpaired) electrons. The van der Waals surface area contributed by atoms with Crippen LogP contribution in [0.5, 0.6) is 5.75 Å². The molecule has 0 unspecified atom stereocenters. The molecule has 0 aliphatic rings. The van der Waals surface area contributed by atoms with Gasteiger partial charge in [0.2, 0.25) is 0 Å². The Morgan fingerprint density at radius 2 is 1.89 bits per heavy atom. The maximum absolute atomic E-state index is 12.3. The molecule has 2 aromatic carbocycles. The quantitative estimate of drug-likeness (QED) is 0.433. The third-order valence-corrected chi connectivity index (χ3v) is 3.91. The Bertz CT molecular complexity index is 822. The third-order valence-electron chi connectivity index (χ3n) is 3.91. The number of ether oxygens (including phenoxy) is 2. The van der Waals surface area contributed by atoms with E-state index in [-0.39, 0.29) is 17.1 Å². The molecule has 1 N–H and O–H groups in total. The molecule has 8 heteroatoms. The lowest BCUT2D eigenvalue weighted by molar-refractivity contribution is -0.384. The minimum atomic E-state index is -0.620. The van der Waals surface area contributed by atoms with Gasteiger partial charge in [0.25, 0.3) is 11.6 Å². The van der Waals surface area contributed by atoms with Crippen LogP contribution in [-0.2, 0) is 14.3 Å². The fraction of sp³-hybridized carbons (Fsp3) is 0.263. The standard InChI is InChI=1S/C19H20N2O6/c1-3-15(13-7-5-4-6-8-13)19(23)27-12-18(22)20-16-11-14(21(24)25)9-10-17(16)26-2/h4-11,15H,3,12H2,1-2H3,(H,20,22)/t15-/m0/s1. The van der Waals surface area contributed by atoms with Crippen molar-refractivity contribution in [2.45, 2.75) is 19.3 Å². The highest BCUT2D eigenvalue weighted by molar-refractivity contribution is 5.95. The van der Waals surface area contributed by atoms with E-state index in [1.807, 2.05) is 37.3 Å². The Morgan fingerprint density at radius 1 is 1.19 bits per heavy atom. The first-order valence-corrected chi connectivity index (χ1v) is 8.30. The van der Waals surface area contributed by atoms with Crippen molar-refractivity contribution in [1.29, 1.82) is 0 Å². The molecule has 1 atom stereocenters. The van der Waals surface area contributed by atoms with E-state index in [1.54, 1.807) is 0 Å². The predicted molar refractivity (Wildman–Crippen MR) is 98.7 cm³/mol. The van der Waals surface area contributed by atoms with Gasteiger partial charge in [0.05, 0.1) is 23.6 Å². The van der Waals surface area contributed by atoms with Gasteiger partial charge in [-0.25, -0.2) is 0 Å². The number of carbonyl (C=O) groups excluding carboxylic acids is 2. The molecule has 0 aromatic heterocycles. The molecule has 142 valence electrons. The number of amides is 1. The largest absolute Gasteiger partial charge is 0.495 e. The van der Waals surface area contributed by atoms with Gasteiger partial charge in [-0.3, -0.25) is 19.7 Å². The monoisotopic (exact) mass is 372 g/mol. The van der Waals surface area contributed by atoms with Gasteiger partial charge in [-0.15, -0.1) is 0 Å². The summed E-state index contributed by atoms with van der Waals surface area (Å²) >= 11 is 0. The fourth-order valence-corrected chi connectivity index (χ4v) is 2.55. The van der Waals surface area contributed by atoms with Crippen molar-refractivity contribution in [2.24, 2.45) is 0 Å². The molecular weight excluding hydrogens is 352 g/mol. The van der Waals surface area contributed by atoms with Gasteiger partial charge in [0, 0.05) is 12.1 Å². The molecule has 0 heterocycles. The molecule has 0 spiro atoms. The van der Waals surface area contributed by atoms with Crippen molar-refractivity contribution < 1.29 is 24.0 Å². The van der Waals surface area contributed by atoms with Crippen molar-refractivity contribution in [1.82, 2.24) is 0 Å². The van der Waals surface area contributed by atoms with Gasteiger partial charge in [-0.1, -0.05) is 37.3 Å². The van der Waals surface area contributed by atoms with E-state index < -0.39 is 29.3 Å². The molecule has 1 amide bonds. The number of nitro benzene ring substituents is 1. The number of nitrogens with zero attached hydrogens (tertiary/aromatic N) is 1. The first-order chi connectivity index (χ1) is 13.0. The summed E-state index contributed by atoms with van der Waals surface area (Å²) in [6.45, 7) is 1.35. The number of anilines is 1. The van der Waals surface area contributed by atoms with Crippen LogP contribution in [-0.4, -0.2) is 30.5 Å². The number of rotatable bonds is 8. The summed E-state index contributed by atoms with van der Waals surface area (Å²) in [6, 6.07) is 13.0. The van der Waals surface area contributed by atoms with Gasteiger partial charge < -0.3 is 14.8 Å². The molecule has 0 fully saturated rings. The maximum atomic E-state index is 12.3. The van der Waals surface area contributed by atoms with Crippen LogP contribution in [0, 0.1) is 10.1 Å². The first kappa shape index (κ1) is 19.9. The van der Waals surface area contributed by atoms with Crippen LogP contribution in [0.3, 0.4) is 0 Å². The van der Waals surface area contributed by atoms with Crippen molar-refractivity contribution in [3.8, 4) is 5.75 Å². The average molecular weight is 372 g/mol. The van der Waals surface area contributed by atoms with Gasteiger partial charge in [-0.2, -0.15) is 0 Å². The number of nitro groups is 1. The smallest absolute Gasteiger partial charge is 0.313 e. The second-order valence-corrected chi connectivity index (χ2v) is 5.67. The molecule has 2 aromatic rings. The molecule has 8 nitrogen and oxygen atoms in total. The second-order valence-electron chi connectivity index (χ2n) is 5.67. The third kappa shape index (κ3) is 5.27. The summed E-state index contributed by atoms with van der Waals surface area (Å²) in [4.78, 5) is 34.7. The zero-order chi connectivity index (χ0) is 19.8. The first-order valence-electron chi connectivity index (χ1n) is 8.30. The summed E-state index contributed by atoms with van der Waals surface area (Å²) in [5.74, 6) is -1.34. The molecule has 0 bridgehead atoms. The molecule has 2 rings (SSSR count). The topological polar surface area (TPSA) is 108 Å². The van der Waals surface area contributed by atoms with Crippen LogP contribution in [0.1, 0.15) is 24.8 Å². The molecule has 27 heavy (non-hydrogen) atoms. The van der Waals surface area contributed by atoms with E-state index in [2.05, 4.69) is 5.32 Å². The highest BCUT2D eigenvalue weighted by Gasteiger charge is 2.21. The Balaban J connectivity index is 2.00. The van der Waals surface area contributed by atoms with Crippen LogP contribution in [0.15, 0.2) is 48.5 Å². The summed E-state index contributed by atoms with van der Waals surface area (Å²) < 4.78 is 10.2. The number of carbonyl (C=O) groups is 2. The summed E-state index contributed by atoms with van der Waals surface area (Å²) in [7, 11) is 1.38. The van der Waals surface area contributed by atoms with E-state index in [9.17, 15) is 19.7 Å². The maximum Gasteiger partial charge on any atom is 0.313 e. The van der Waals surface area contributed by atoms with Crippen LogP contribution >= 0.6 is 0 Å². The minimum absolute atomic E-state index is 0.128. The summed E-state index contributed by atoms with van der Waals surface area (Å²) in [6.07, 6.45) is 0.531. The number of nitrogens with one attached hydrogen (secondary N) is 1. The number of non-ortho nitro benzene ring substituents is 1. The number of hydrogen-bond donors (Lipinski definition) is 1. The van der Waals surface area contributed by atoms with Crippen LogP contribution in [0.25, 0.3) is 0 Å². The van der Waals surface area contributed by atoms with Crippen molar-refractivity contribution >= 4 is 23.3 Å². The van der Waals surface area contributed by atoms with Gasteiger partial charge in [-0.05, 0) is 18.1 Å². The van der Waals surface area contributed by atoms with Crippen molar-refractivity contribution in [2.75, 3.05) is 19.0 Å². The Hall–Kier alpha value is -3.42. The summed E-state index contributed by atoms with van der Waals surface area (Å²) in [5, 5.41) is 13.3. The molecule has 0 aliphatic heterocycles. The number of benzene rings is 2. The Morgan fingerprint density at radius 3 is 2.48 bits per heavy atom. The lowest BCUT2D eigenvalue weighted by atomic mass is 9.97. The van der Waals surface area contributed by atoms with Crippen LogP contribution < -0.4 is 10.1 Å². The zero-order valence-electron chi connectivity index (χ0n) is 15.0. The zero-order valence-corrected chi connectivity index (χ0v) is 15.0. The lowest BCUT2D eigenvalue weighted by Crippen LogP contribution is -2.24. The number of hydrogen-bond acceptors (Lipinski definition) is 6. The average Bonchev–Trinajstić information content (AvgIpc) is 2.67.